The summed E-state index contributed by atoms with van der Waals surface area (Å²) >= 11 is 0. The van der Waals surface area contributed by atoms with Gasteiger partial charge in [0.2, 0.25) is 0 Å². The van der Waals surface area contributed by atoms with Gasteiger partial charge in [-0.3, -0.25) is 4.79 Å². The van der Waals surface area contributed by atoms with Gasteiger partial charge in [0.15, 0.2) is 0 Å². The van der Waals surface area contributed by atoms with Gasteiger partial charge in [-0.2, -0.15) is 0 Å². The van der Waals surface area contributed by atoms with Gasteiger partial charge in [-0.25, -0.2) is 19.7 Å². The fourth-order valence-corrected chi connectivity index (χ4v) is 4.97. The Kier molecular flexibility index (Phi) is 7.46. The Morgan fingerprint density at radius 2 is 1.80 bits per heavy atom. The first-order chi connectivity index (χ1) is 19.1. The number of piperazine rings is 1. The summed E-state index contributed by atoms with van der Waals surface area (Å²) in [7, 11) is 2.12. The van der Waals surface area contributed by atoms with Crippen molar-refractivity contribution >= 4 is 23.5 Å². The fraction of sp³-hybridized carbons (Fsp3) is 0.355. The Morgan fingerprint density at radius 3 is 2.48 bits per heavy atom. The van der Waals surface area contributed by atoms with Gasteiger partial charge in [-0.05, 0) is 82.1 Å². The van der Waals surface area contributed by atoms with E-state index in [0.717, 1.165) is 47.9 Å². The van der Waals surface area contributed by atoms with E-state index >= 15 is 0 Å². The van der Waals surface area contributed by atoms with Gasteiger partial charge in [-0.1, -0.05) is 18.1 Å². The van der Waals surface area contributed by atoms with Gasteiger partial charge in [0.1, 0.15) is 23.3 Å². The molecule has 1 fully saturated rings. The second kappa shape index (κ2) is 11.0. The summed E-state index contributed by atoms with van der Waals surface area (Å²) < 4.78 is 5.66. The summed E-state index contributed by atoms with van der Waals surface area (Å²) in [5, 5.41) is 3.35. The van der Waals surface area contributed by atoms with Crippen LogP contribution in [0.25, 0.3) is 11.1 Å². The van der Waals surface area contributed by atoms with E-state index in [1.165, 1.54) is 0 Å². The van der Waals surface area contributed by atoms with Gasteiger partial charge in [0.25, 0.3) is 5.91 Å². The minimum Gasteiger partial charge on any atom is -0.443 e. The Bertz CT molecular complexity index is 1480. The van der Waals surface area contributed by atoms with Crippen molar-refractivity contribution in [3.05, 3.63) is 71.7 Å². The first kappa shape index (κ1) is 27.2. The van der Waals surface area contributed by atoms with Crippen molar-refractivity contribution in [1.82, 2.24) is 19.8 Å². The Hall–Kier alpha value is -4.42. The highest BCUT2D eigenvalue weighted by atomic mass is 16.6. The molecule has 1 saturated heterocycles. The minimum absolute atomic E-state index is 0.426. The van der Waals surface area contributed by atoms with Crippen LogP contribution in [0.5, 0.6) is 0 Å². The predicted octanol–water partition coefficient (Wildman–Crippen LogP) is 4.77. The lowest BCUT2D eigenvalue weighted by atomic mass is 9.95. The summed E-state index contributed by atoms with van der Waals surface area (Å²) in [5.41, 5.74) is 3.61. The number of anilines is 2. The molecule has 9 nitrogen and oxygen atoms in total. The van der Waals surface area contributed by atoms with Crippen LogP contribution in [0.1, 0.15) is 55.5 Å². The molecule has 4 heterocycles. The van der Waals surface area contributed by atoms with Crippen LogP contribution in [0.15, 0.2) is 54.9 Å². The largest absolute Gasteiger partial charge is 0.443 e. The van der Waals surface area contributed by atoms with Crippen LogP contribution in [-0.4, -0.2) is 70.6 Å². The predicted molar refractivity (Wildman–Crippen MR) is 155 cm³/mol. The van der Waals surface area contributed by atoms with Crippen LogP contribution >= 0.6 is 0 Å². The van der Waals surface area contributed by atoms with Gasteiger partial charge in [0.05, 0.1) is 11.9 Å². The molecule has 5 rings (SSSR count). The Balaban J connectivity index is 1.53. The molecule has 1 atom stereocenters. The van der Waals surface area contributed by atoms with Crippen LogP contribution in [0, 0.1) is 11.8 Å². The molecule has 40 heavy (non-hydrogen) atoms. The smallest absolute Gasteiger partial charge is 0.419 e. The lowest BCUT2D eigenvalue weighted by Crippen LogP contribution is -2.44. The first-order valence-corrected chi connectivity index (χ1v) is 13.4. The lowest BCUT2D eigenvalue weighted by molar-refractivity contribution is 0.0208. The zero-order chi connectivity index (χ0) is 28.4. The zero-order valence-corrected chi connectivity index (χ0v) is 23.6. The van der Waals surface area contributed by atoms with Crippen molar-refractivity contribution in [2.24, 2.45) is 0 Å². The van der Waals surface area contributed by atoms with Crippen molar-refractivity contribution in [1.29, 1.82) is 0 Å². The number of hydrogen-bond donors (Lipinski definition) is 1. The number of nitrogens with one attached hydrogen (secondary N) is 1. The average Bonchev–Trinajstić information content (AvgIpc) is 3.20. The van der Waals surface area contributed by atoms with E-state index in [1.807, 2.05) is 42.6 Å². The van der Waals surface area contributed by atoms with Crippen LogP contribution in [0.3, 0.4) is 0 Å². The number of nitrogens with zero attached hydrogens (tertiary/aromatic N) is 5. The number of carbonyl (C=O) groups is 2. The van der Waals surface area contributed by atoms with Gasteiger partial charge < -0.3 is 19.9 Å². The van der Waals surface area contributed by atoms with E-state index in [9.17, 15) is 9.59 Å². The molecule has 0 spiro atoms. The highest BCUT2D eigenvalue weighted by molar-refractivity contribution is 6.09. The number of amides is 2. The maximum absolute atomic E-state index is 13.7. The van der Waals surface area contributed by atoms with Gasteiger partial charge in [-0.15, -0.1) is 0 Å². The number of aromatic nitrogens is 2. The second-order valence-electron chi connectivity index (χ2n) is 11.0. The van der Waals surface area contributed by atoms with Gasteiger partial charge in [0, 0.05) is 43.5 Å². The molecule has 2 aliphatic rings. The first-order valence-electron chi connectivity index (χ1n) is 13.4. The molecule has 2 aromatic heterocycles. The number of carbonyl (C=O) groups excluding carboxylic acids is 2. The molecular formula is C31H34N6O3. The normalized spacial score (nSPS) is 17.2. The summed E-state index contributed by atoms with van der Waals surface area (Å²) in [4.78, 5) is 41.8. The molecule has 0 bridgehead atoms. The summed E-state index contributed by atoms with van der Waals surface area (Å²) in [6, 6.07) is 13.1. The minimum atomic E-state index is -0.829. The quantitative estimate of drug-likeness (QED) is 0.475. The number of imide groups is 1. The van der Waals surface area contributed by atoms with Crippen LogP contribution in [-0.2, 0) is 4.74 Å². The molecule has 0 saturated carbocycles. The fourth-order valence-electron chi connectivity index (χ4n) is 4.97. The van der Waals surface area contributed by atoms with E-state index in [1.54, 1.807) is 40.0 Å². The van der Waals surface area contributed by atoms with Crippen molar-refractivity contribution in [3.63, 3.8) is 0 Å². The molecule has 1 N–H and O–H groups in total. The topological polar surface area (TPSA) is 90.9 Å². The highest BCUT2D eigenvalue weighted by Crippen LogP contribution is 2.41. The molecule has 2 aliphatic heterocycles. The molecular weight excluding hydrogens is 504 g/mol. The van der Waals surface area contributed by atoms with Crippen molar-refractivity contribution in [3.8, 4) is 23.0 Å². The third-order valence-electron chi connectivity index (χ3n) is 6.90. The summed E-state index contributed by atoms with van der Waals surface area (Å²) in [6.45, 7) is 10.9. The molecule has 9 heteroatoms. The average molecular weight is 539 g/mol. The summed E-state index contributed by atoms with van der Waals surface area (Å²) in [6.07, 6.45) is 1.97. The van der Waals surface area contributed by atoms with Crippen molar-refractivity contribution < 1.29 is 14.3 Å². The van der Waals surface area contributed by atoms with E-state index in [2.05, 4.69) is 44.0 Å². The molecule has 3 aromatic rings. The maximum Gasteiger partial charge on any atom is 0.419 e. The number of rotatable bonds is 4. The van der Waals surface area contributed by atoms with Crippen molar-refractivity contribution in [2.75, 3.05) is 43.4 Å². The third-order valence-corrected chi connectivity index (χ3v) is 6.90. The van der Waals surface area contributed by atoms with Crippen molar-refractivity contribution in [2.45, 2.75) is 39.5 Å². The van der Waals surface area contributed by atoms with Crippen LogP contribution < -0.4 is 10.2 Å². The Labute approximate surface area is 235 Å². The zero-order valence-electron chi connectivity index (χ0n) is 23.6. The molecule has 206 valence electrons. The highest BCUT2D eigenvalue weighted by Gasteiger charge is 2.44. The van der Waals surface area contributed by atoms with E-state index in [4.69, 9.17) is 4.74 Å². The Morgan fingerprint density at radius 1 is 1.05 bits per heavy atom. The number of hydrogen-bond acceptors (Lipinski definition) is 8. The third kappa shape index (κ3) is 5.63. The maximum atomic E-state index is 13.7. The summed E-state index contributed by atoms with van der Waals surface area (Å²) in [5.74, 6) is 5.97. The van der Waals surface area contributed by atoms with E-state index in [-0.39, 0.29) is 0 Å². The van der Waals surface area contributed by atoms with Crippen LogP contribution in [0.4, 0.5) is 16.3 Å². The molecule has 0 radical (unpaired) electrons. The molecule has 2 amide bonds. The second-order valence-corrected chi connectivity index (χ2v) is 11.0. The lowest BCUT2D eigenvalue weighted by Gasteiger charge is -2.34. The molecule has 0 aliphatic carbocycles. The van der Waals surface area contributed by atoms with Gasteiger partial charge >= 0.3 is 6.09 Å². The van der Waals surface area contributed by atoms with E-state index < -0.39 is 23.8 Å². The molecule has 1 unspecified atom stereocenters. The monoisotopic (exact) mass is 538 g/mol. The number of likely N-dealkylation sites (N-methyl/N-ethyl adjacent to an activating group) is 1. The number of pyridine rings is 2. The standard InChI is InChI=1S/C31H34N6O3/c1-6-8-22-19-21(13-14-32-22)24-9-7-10-25-27(24)28(37(29(25)38)30(39)40-31(2,3)4)34-26-12-11-23(20-33-26)36-17-15-35(5)16-18-36/h7,9-14,19-20,28H,15-18H2,1-5H3,(H,33,34). The number of fused-ring (bicyclic) bond motifs is 1. The van der Waals surface area contributed by atoms with Crippen LogP contribution in [0.2, 0.25) is 0 Å². The number of ether oxygens (including phenoxy) is 1. The SMILES string of the molecule is CC#Cc1cc(-c2cccc3c2C(Nc2ccc(N4CCN(C)CC4)cn2)N(C(=O)OC(C)(C)C)C3=O)ccn1. The van der Waals surface area contributed by atoms with E-state index in [0.29, 0.717) is 22.6 Å². The number of benzene rings is 1. The molecule has 1 aromatic carbocycles.